The maximum absolute atomic E-state index is 4.66. The van der Waals surface area contributed by atoms with Gasteiger partial charge in [-0.2, -0.15) is 0 Å². The molecule has 0 spiro atoms. The van der Waals surface area contributed by atoms with Gasteiger partial charge in [0, 0.05) is 11.7 Å². The minimum absolute atomic E-state index is 0.0316. The highest BCUT2D eigenvalue weighted by Gasteiger charge is 2.26. The molecule has 2 rings (SSSR count). The molecule has 0 aromatic carbocycles. The van der Waals surface area contributed by atoms with Crippen molar-refractivity contribution in [1.29, 1.82) is 0 Å². The van der Waals surface area contributed by atoms with Crippen LogP contribution < -0.4 is 5.32 Å². The molecular formula is C17H27N3. The summed E-state index contributed by atoms with van der Waals surface area (Å²) in [6, 6.07) is 4.24. The molecule has 3 nitrogen and oxygen atoms in total. The van der Waals surface area contributed by atoms with Gasteiger partial charge < -0.3 is 5.32 Å². The van der Waals surface area contributed by atoms with Gasteiger partial charge in [0.05, 0.1) is 5.69 Å². The monoisotopic (exact) mass is 273 g/mol. The standard InChI is InChI=1S/C17H27N3/c1-12-8-9-20-14(10-12)18-13(2)15(20)19-17(6,7)11-16(3,4)5/h8-10,19H,11H2,1-7H3. The second-order valence-corrected chi connectivity index (χ2v) is 7.72. The summed E-state index contributed by atoms with van der Waals surface area (Å²) < 4.78 is 2.15. The number of aryl methyl sites for hydroxylation is 2. The van der Waals surface area contributed by atoms with Crippen molar-refractivity contribution in [2.24, 2.45) is 5.41 Å². The van der Waals surface area contributed by atoms with Crippen LogP contribution in [0.1, 0.15) is 52.3 Å². The normalized spacial score (nSPS) is 12.9. The lowest BCUT2D eigenvalue weighted by Gasteiger charge is -2.34. The number of pyridine rings is 1. The first kappa shape index (κ1) is 14.9. The number of rotatable bonds is 3. The molecule has 20 heavy (non-hydrogen) atoms. The molecule has 0 aliphatic rings. The van der Waals surface area contributed by atoms with Crippen LogP contribution in [0.25, 0.3) is 5.65 Å². The van der Waals surface area contributed by atoms with Crippen molar-refractivity contribution in [3.05, 3.63) is 29.6 Å². The van der Waals surface area contributed by atoms with E-state index in [2.05, 4.69) is 81.5 Å². The van der Waals surface area contributed by atoms with Gasteiger partial charge >= 0.3 is 0 Å². The Morgan fingerprint density at radius 2 is 1.80 bits per heavy atom. The van der Waals surface area contributed by atoms with E-state index in [9.17, 15) is 0 Å². The van der Waals surface area contributed by atoms with Gasteiger partial charge in [-0.25, -0.2) is 4.98 Å². The Morgan fingerprint density at radius 3 is 2.40 bits per heavy atom. The highest BCUT2D eigenvalue weighted by atomic mass is 15.2. The summed E-state index contributed by atoms with van der Waals surface area (Å²) in [5, 5.41) is 3.69. The molecule has 3 heteroatoms. The lowest BCUT2D eigenvalue weighted by molar-refractivity contribution is 0.302. The predicted octanol–water partition coefficient (Wildman–Crippen LogP) is 4.58. The Balaban J connectivity index is 2.36. The van der Waals surface area contributed by atoms with Crippen molar-refractivity contribution in [3.8, 4) is 0 Å². The zero-order chi connectivity index (χ0) is 15.1. The Labute approximate surface area is 122 Å². The summed E-state index contributed by atoms with van der Waals surface area (Å²) >= 11 is 0. The topological polar surface area (TPSA) is 29.3 Å². The number of imidazole rings is 1. The lowest BCUT2D eigenvalue weighted by atomic mass is 9.82. The van der Waals surface area contributed by atoms with E-state index in [1.54, 1.807) is 0 Å². The van der Waals surface area contributed by atoms with Crippen LogP contribution in [0, 0.1) is 19.3 Å². The highest BCUT2D eigenvalue weighted by molar-refractivity contribution is 5.56. The Bertz CT molecular complexity index is 615. The second kappa shape index (κ2) is 4.80. The maximum Gasteiger partial charge on any atom is 0.138 e. The van der Waals surface area contributed by atoms with E-state index >= 15 is 0 Å². The van der Waals surface area contributed by atoms with Crippen LogP contribution in [0.15, 0.2) is 18.3 Å². The average Bonchev–Trinajstić information content (AvgIpc) is 2.50. The minimum Gasteiger partial charge on any atom is -0.365 e. The SMILES string of the molecule is Cc1ccn2c(NC(C)(C)CC(C)(C)C)c(C)nc2c1. The van der Waals surface area contributed by atoms with Crippen molar-refractivity contribution in [1.82, 2.24) is 9.38 Å². The van der Waals surface area contributed by atoms with Gasteiger partial charge in [0.25, 0.3) is 0 Å². The first-order valence-corrected chi connectivity index (χ1v) is 7.31. The second-order valence-electron chi connectivity index (χ2n) is 7.72. The Hall–Kier alpha value is -1.51. The van der Waals surface area contributed by atoms with E-state index in [1.807, 2.05) is 0 Å². The van der Waals surface area contributed by atoms with Gasteiger partial charge in [-0.05, 0) is 57.2 Å². The van der Waals surface area contributed by atoms with E-state index in [0.29, 0.717) is 5.41 Å². The molecule has 0 saturated carbocycles. The number of nitrogens with one attached hydrogen (secondary N) is 1. The van der Waals surface area contributed by atoms with Gasteiger partial charge in [0.2, 0.25) is 0 Å². The van der Waals surface area contributed by atoms with E-state index < -0.39 is 0 Å². The fourth-order valence-corrected chi connectivity index (χ4v) is 3.11. The van der Waals surface area contributed by atoms with Crippen LogP contribution in [0.5, 0.6) is 0 Å². The molecule has 0 unspecified atom stereocenters. The molecule has 110 valence electrons. The van der Waals surface area contributed by atoms with Crippen LogP contribution >= 0.6 is 0 Å². The summed E-state index contributed by atoms with van der Waals surface area (Å²) in [7, 11) is 0. The molecular weight excluding hydrogens is 246 g/mol. The lowest BCUT2D eigenvalue weighted by Crippen LogP contribution is -2.36. The summed E-state index contributed by atoms with van der Waals surface area (Å²) in [6.07, 6.45) is 3.19. The van der Waals surface area contributed by atoms with Gasteiger partial charge in [-0.1, -0.05) is 20.8 Å². The van der Waals surface area contributed by atoms with Crippen molar-refractivity contribution >= 4 is 11.5 Å². The molecule has 1 N–H and O–H groups in total. The molecule has 2 aromatic heterocycles. The van der Waals surface area contributed by atoms with Crippen molar-refractivity contribution in [3.63, 3.8) is 0 Å². The molecule has 0 aliphatic heterocycles. The molecule has 0 saturated heterocycles. The number of aromatic nitrogens is 2. The Kier molecular flexibility index (Phi) is 3.57. The number of fused-ring (bicyclic) bond motifs is 1. The van der Waals surface area contributed by atoms with Crippen molar-refractivity contribution in [2.45, 2.75) is 60.4 Å². The minimum atomic E-state index is 0.0316. The fourth-order valence-electron chi connectivity index (χ4n) is 3.11. The van der Waals surface area contributed by atoms with E-state index in [1.165, 1.54) is 5.56 Å². The predicted molar refractivity (Wildman–Crippen MR) is 86.4 cm³/mol. The highest BCUT2D eigenvalue weighted by Crippen LogP contribution is 2.31. The summed E-state index contributed by atoms with van der Waals surface area (Å²) in [5.74, 6) is 1.11. The van der Waals surface area contributed by atoms with Gasteiger partial charge in [-0.15, -0.1) is 0 Å². The first-order chi connectivity index (χ1) is 9.07. The third kappa shape index (κ3) is 3.33. The van der Waals surface area contributed by atoms with E-state index in [4.69, 9.17) is 0 Å². The number of nitrogens with zero attached hydrogens (tertiary/aromatic N) is 2. The van der Waals surface area contributed by atoms with Gasteiger partial charge in [0.15, 0.2) is 0 Å². The quantitative estimate of drug-likeness (QED) is 0.887. The van der Waals surface area contributed by atoms with E-state index in [0.717, 1.165) is 23.6 Å². The molecule has 2 heterocycles. The number of anilines is 1. The average molecular weight is 273 g/mol. The Morgan fingerprint density at radius 1 is 1.15 bits per heavy atom. The third-order valence-electron chi connectivity index (χ3n) is 3.39. The smallest absolute Gasteiger partial charge is 0.138 e. The van der Waals surface area contributed by atoms with Crippen LogP contribution in [0.3, 0.4) is 0 Å². The molecule has 0 amide bonds. The molecule has 0 atom stereocenters. The largest absolute Gasteiger partial charge is 0.365 e. The first-order valence-electron chi connectivity index (χ1n) is 7.31. The molecule has 0 bridgehead atoms. The fraction of sp³-hybridized carbons (Fsp3) is 0.588. The summed E-state index contributed by atoms with van der Waals surface area (Å²) in [5.41, 5.74) is 3.63. The zero-order valence-electron chi connectivity index (χ0n) is 13.8. The number of hydrogen-bond acceptors (Lipinski definition) is 2. The summed E-state index contributed by atoms with van der Waals surface area (Å²) in [6.45, 7) is 15.5. The zero-order valence-corrected chi connectivity index (χ0v) is 13.8. The molecule has 0 radical (unpaired) electrons. The van der Waals surface area contributed by atoms with Crippen LogP contribution in [-0.2, 0) is 0 Å². The third-order valence-corrected chi connectivity index (χ3v) is 3.39. The molecule has 0 fully saturated rings. The van der Waals surface area contributed by atoms with E-state index in [-0.39, 0.29) is 5.54 Å². The maximum atomic E-state index is 4.66. The van der Waals surface area contributed by atoms with Crippen molar-refractivity contribution < 1.29 is 0 Å². The van der Waals surface area contributed by atoms with Crippen LogP contribution in [0.2, 0.25) is 0 Å². The number of hydrogen-bond donors (Lipinski definition) is 1. The molecule has 2 aromatic rings. The molecule has 0 aliphatic carbocycles. The van der Waals surface area contributed by atoms with Crippen LogP contribution in [-0.4, -0.2) is 14.9 Å². The van der Waals surface area contributed by atoms with Crippen molar-refractivity contribution in [2.75, 3.05) is 5.32 Å². The summed E-state index contributed by atoms with van der Waals surface area (Å²) in [4.78, 5) is 4.66. The van der Waals surface area contributed by atoms with Gasteiger partial charge in [0.1, 0.15) is 11.5 Å². The van der Waals surface area contributed by atoms with Gasteiger partial charge in [-0.3, -0.25) is 4.40 Å². The van der Waals surface area contributed by atoms with Crippen LogP contribution in [0.4, 0.5) is 5.82 Å².